The highest BCUT2D eigenvalue weighted by molar-refractivity contribution is 7.99. The van der Waals surface area contributed by atoms with Gasteiger partial charge in [-0.25, -0.2) is 0 Å². The maximum atomic E-state index is 13.2. The molecule has 2 aromatic carbocycles. The first-order chi connectivity index (χ1) is 15.4. The number of amides is 2. The summed E-state index contributed by atoms with van der Waals surface area (Å²) in [4.78, 5) is 27.9. The van der Waals surface area contributed by atoms with Gasteiger partial charge in [0, 0.05) is 28.4 Å². The Balaban J connectivity index is 2.10. The number of thioether (sulfide) groups is 1. The van der Waals surface area contributed by atoms with Gasteiger partial charge in [0.15, 0.2) is 0 Å². The van der Waals surface area contributed by atoms with Crippen LogP contribution in [0, 0.1) is 0 Å². The maximum Gasteiger partial charge on any atom is 0.243 e. The van der Waals surface area contributed by atoms with Gasteiger partial charge in [0.2, 0.25) is 11.8 Å². The van der Waals surface area contributed by atoms with E-state index in [4.69, 9.17) is 23.2 Å². The number of hydrogen-bond donors (Lipinski definition) is 1. The Bertz CT molecular complexity index is 859. The normalized spacial score (nSPS) is 12.8. The minimum Gasteiger partial charge on any atom is -0.352 e. The van der Waals surface area contributed by atoms with E-state index >= 15 is 0 Å². The van der Waals surface area contributed by atoms with E-state index in [2.05, 4.69) is 5.32 Å². The molecule has 0 aliphatic rings. The summed E-state index contributed by atoms with van der Waals surface area (Å²) in [5.74, 6) is 0.637. The standard InChI is InChI=1S/C25H32Cl2N2O2S/c1-4-18(3)28-25(31)23(5-2)29(15-14-19-10-7-6-8-11-19)24(30)17-32-16-20-21(26)12-9-13-22(20)27/h6-13,18,23H,4-5,14-17H2,1-3H3,(H,28,31). The molecule has 0 heterocycles. The molecule has 0 radical (unpaired) electrons. The summed E-state index contributed by atoms with van der Waals surface area (Å²) in [5.41, 5.74) is 1.96. The lowest BCUT2D eigenvalue weighted by molar-refractivity contribution is -0.139. The van der Waals surface area contributed by atoms with Crippen molar-refractivity contribution >= 4 is 46.8 Å². The molecule has 4 nitrogen and oxygen atoms in total. The summed E-state index contributed by atoms with van der Waals surface area (Å²) in [7, 11) is 0. The first-order valence-corrected chi connectivity index (χ1v) is 12.9. The number of rotatable bonds is 12. The molecule has 0 aromatic heterocycles. The van der Waals surface area contributed by atoms with Crippen molar-refractivity contribution in [3.63, 3.8) is 0 Å². The molecule has 174 valence electrons. The molecule has 0 aliphatic heterocycles. The van der Waals surface area contributed by atoms with Crippen molar-refractivity contribution in [3.8, 4) is 0 Å². The average Bonchev–Trinajstić information content (AvgIpc) is 2.78. The summed E-state index contributed by atoms with van der Waals surface area (Å²) in [6.07, 6.45) is 2.10. The number of nitrogens with zero attached hydrogens (tertiary/aromatic N) is 1. The van der Waals surface area contributed by atoms with Gasteiger partial charge >= 0.3 is 0 Å². The van der Waals surface area contributed by atoms with Gasteiger partial charge in [-0.15, -0.1) is 11.8 Å². The first kappa shape index (κ1) is 26.6. The van der Waals surface area contributed by atoms with Crippen LogP contribution in [0.3, 0.4) is 0 Å². The third-order valence-corrected chi connectivity index (χ3v) is 7.06. The van der Waals surface area contributed by atoms with E-state index in [0.29, 0.717) is 35.2 Å². The third-order valence-electron chi connectivity index (χ3n) is 5.40. The smallest absolute Gasteiger partial charge is 0.243 e. The van der Waals surface area contributed by atoms with Crippen LogP contribution in [0.4, 0.5) is 0 Å². The molecule has 2 rings (SSSR count). The second-order valence-corrected chi connectivity index (χ2v) is 9.56. The average molecular weight is 496 g/mol. The number of carbonyl (C=O) groups excluding carboxylic acids is 2. The van der Waals surface area contributed by atoms with Crippen LogP contribution in [0.25, 0.3) is 0 Å². The van der Waals surface area contributed by atoms with E-state index in [1.165, 1.54) is 11.8 Å². The Morgan fingerprint density at radius 1 is 1.00 bits per heavy atom. The summed E-state index contributed by atoms with van der Waals surface area (Å²) < 4.78 is 0. The van der Waals surface area contributed by atoms with E-state index in [1.807, 2.05) is 51.1 Å². The predicted molar refractivity (Wildman–Crippen MR) is 136 cm³/mol. The summed E-state index contributed by atoms with van der Waals surface area (Å²) in [6, 6.07) is 15.0. The van der Waals surface area contributed by atoms with Crippen molar-refractivity contribution in [2.45, 2.75) is 57.9 Å². The lowest BCUT2D eigenvalue weighted by atomic mass is 10.1. The van der Waals surface area contributed by atoms with E-state index in [0.717, 1.165) is 17.5 Å². The van der Waals surface area contributed by atoms with E-state index in [-0.39, 0.29) is 23.6 Å². The molecule has 0 spiro atoms. The molecule has 2 amide bonds. The Morgan fingerprint density at radius 3 is 2.25 bits per heavy atom. The van der Waals surface area contributed by atoms with Crippen LogP contribution < -0.4 is 5.32 Å². The summed E-state index contributed by atoms with van der Waals surface area (Å²) >= 11 is 14.0. The fourth-order valence-electron chi connectivity index (χ4n) is 3.33. The van der Waals surface area contributed by atoms with Crippen LogP contribution in [0.5, 0.6) is 0 Å². The lowest BCUT2D eigenvalue weighted by Gasteiger charge is -2.31. The highest BCUT2D eigenvalue weighted by Gasteiger charge is 2.28. The third kappa shape index (κ3) is 8.02. The molecule has 2 unspecified atom stereocenters. The molecule has 2 aromatic rings. The minimum atomic E-state index is -0.496. The van der Waals surface area contributed by atoms with Gasteiger partial charge < -0.3 is 10.2 Å². The molecule has 0 bridgehead atoms. The van der Waals surface area contributed by atoms with Crippen LogP contribution in [-0.4, -0.2) is 41.1 Å². The van der Waals surface area contributed by atoms with Crippen LogP contribution >= 0.6 is 35.0 Å². The van der Waals surface area contributed by atoms with Crippen LogP contribution in [0.15, 0.2) is 48.5 Å². The summed E-state index contributed by atoms with van der Waals surface area (Å²) in [6.45, 7) is 6.44. The Morgan fingerprint density at radius 2 is 1.66 bits per heavy atom. The topological polar surface area (TPSA) is 49.4 Å². The number of carbonyl (C=O) groups is 2. The van der Waals surface area contributed by atoms with Crippen molar-refractivity contribution in [1.29, 1.82) is 0 Å². The molecule has 32 heavy (non-hydrogen) atoms. The van der Waals surface area contributed by atoms with Gasteiger partial charge in [-0.1, -0.05) is 73.4 Å². The highest BCUT2D eigenvalue weighted by atomic mass is 35.5. The molecule has 7 heteroatoms. The molecule has 0 fully saturated rings. The molecule has 1 N–H and O–H groups in total. The molecule has 0 aliphatic carbocycles. The lowest BCUT2D eigenvalue weighted by Crippen LogP contribution is -2.52. The van der Waals surface area contributed by atoms with Gasteiger partial charge in [-0.3, -0.25) is 9.59 Å². The van der Waals surface area contributed by atoms with Crippen molar-refractivity contribution in [3.05, 3.63) is 69.7 Å². The van der Waals surface area contributed by atoms with Crippen molar-refractivity contribution in [2.24, 2.45) is 0 Å². The van der Waals surface area contributed by atoms with Gasteiger partial charge in [-0.05, 0) is 49.4 Å². The number of benzene rings is 2. The maximum absolute atomic E-state index is 13.2. The monoisotopic (exact) mass is 494 g/mol. The van der Waals surface area contributed by atoms with Gasteiger partial charge in [-0.2, -0.15) is 0 Å². The fraction of sp³-hybridized carbons (Fsp3) is 0.440. The largest absolute Gasteiger partial charge is 0.352 e. The van der Waals surface area contributed by atoms with Crippen LogP contribution in [0.1, 0.15) is 44.7 Å². The van der Waals surface area contributed by atoms with Crippen LogP contribution in [0.2, 0.25) is 10.0 Å². The zero-order chi connectivity index (χ0) is 23.5. The summed E-state index contributed by atoms with van der Waals surface area (Å²) in [5, 5.41) is 4.23. The van der Waals surface area contributed by atoms with E-state index in [1.54, 1.807) is 23.1 Å². The van der Waals surface area contributed by atoms with Gasteiger partial charge in [0.25, 0.3) is 0 Å². The molecule has 0 saturated heterocycles. The quantitative estimate of drug-likeness (QED) is 0.394. The van der Waals surface area contributed by atoms with E-state index < -0.39 is 6.04 Å². The Hall–Kier alpha value is -1.69. The van der Waals surface area contributed by atoms with Crippen LogP contribution in [-0.2, 0) is 21.8 Å². The predicted octanol–water partition coefficient (Wildman–Crippen LogP) is 5.99. The second kappa shape index (κ2) is 13.8. The number of halogens is 2. The molecule has 0 saturated carbocycles. The second-order valence-electron chi connectivity index (χ2n) is 7.76. The molecular weight excluding hydrogens is 463 g/mol. The van der Waals surface area contributed by atoms with Gasteiger partial charge in [0.1, 0.15) is 6.04 Å². The van der Waals surface area contributed by atoms with E-state index in [9.17, 15) is 9.59 Å². The van der Waals surface area contributed by atoms with Crippen molar-refractivity contribution in [1.82, 2.24) is 10.2 Å². The number of hydrogen-bond acceptors (Lipinski definition) is 3. The molecule has 2 atom stereocenters. The SMILES string of the molecule is CCC(C)NC(=O)C(CC)N(CCc1ccccc1)C(=O)CSCc1c(Cl)cccc1Cl. The Labute approximate surface area is 206 Å². The van der Waals surface area contributed by atoms with Crippen molar-refractivity contribution < 1.29 is 9.59 Å². The fourth-order valence-corrected chi connectivity index (χ4v) is 4.98. The zero-order valence-corrected chi connectivity index (χ0v) is 21.3. The highest BCUT2D eigenvalue weighted by Crippen LogP contribution is 2.28. The molecular formula is C25H32Cl2N2O2S. The first-order valence-electron chi connectivity index (χ1n) is 11.0. The van der Waals surface area contributed by atoms with Gasteiger partial charge in [0.05, 0.1) is 5.75 Å². The van der Waals surface area contributed by atoms with Crippen molar-refractivity contribution in [2.75, 3.05) is 12.3 Å². The number of nitrogens with one attached hydrogen (secondary N) is 1. The minimum absolute atomic E-state index is 0.0553. The Kier molecular flexibility index (Phi) is 11.4. The zero-order valence-electron chi connectivity index (χ0n) is 18.9.